The molecule has 0 aliphatic heterocycles. The van der Waals surface area contributed by atoms with Crippen LogP contribution in [-0.4, -0.2) is 33.1 Å². The fraction of sp³-hybridized carbons (Fsp3) is 0.467. The second-order valence-corrected chi connectivity index (χ2v) is 6.80. The molecule has 0 radical (unpaired) electrons. The molecular weight excluding hydrogens is 288 g/mol. The number of rotatable bonds is 6. The third-order valence-electron chi connectivity index (χ3n) is 3.76. The van der Waals surface area contributed by atoms with Crippen molar-refractivity contribution in [3.63, 3.8) is 0 Å². The monoisotopic (exact) mass is 308 g/mol. The molecule has 0 aliphatic carbocycles. The number of nitro groups is 1. The van der Waals surface area contributed by atoms with Gasteiger partial charge in [0.25, 0.3) is 5.69 Å². The summed E-state index contributed by atoms with van der Waals surface area (Å²) in [6.45, 7) is 5.85. The van der Waals surface area contributed by atoms with Gasteiger partial charge in [-0.1, -0.05) is 13.8 Å². The summed E-state index contributed by atoms with van der Waals surface area (Å²) in [5.41, 5.74) is 2.17. The van der Waals surface area contributed by atoms with Crippen LogP contribution in [0.25, 0.3) is 10.9 Å². The first-order valence-corrected chi connectivity index (χ1v) is 8.03. The van der Waals surface area contributed by atoms with Crippen LogP contribution in [0.2, 0.25) is 0 Å². The van der Waals surface area contributed by atoms with E-state index in [0.29, 0.717) is 5.56 Å². The zero-order chi connectivity index (χ0) is 15.6. The Morgan fingerprint density at radius 3 is 2.71 bits per heavy atom. The number of H-pyrrole nitrogens is 1. The summed E-state index contributed by atoms with van der Waals surface area (Å²) >= 11 is 1.77. The average Bonchev–Trinajstić information content (AvgIpc) is 2.87. The summed E-state index contributed by atoms with van der Waals surface area (Å²) < 4.78 is 0. The minimum Gasteiger partial charge on any atom is -0.395 e. The second-order valence-electron chi connectivity index (χ2n) is 5.52. The maximum absolute atomic E-state index is 11.0. The third kappa shape index (κ3) is 3.06. The van der Waals surface area contributed by atoms with E-state index in [9.17, 15) is 15.2 Å². The van der Waals surface area contributed by atoms with Gasteiger partial charge in [0.1, 0.15) is 0 Å². The number of aromatic nitrogens is 1. The Kier molecular flexibility index (Phi) is 4.58. The molecule has 5 nitrogen and oxygen atoms in total. The molecule has 0 bridgehead atoms. The standard InChI is InChI=1S/C15H20N2O3S/c1-4-21-9-15(3,8-18)14-7-11-6-13(17(19)20)10(2)5-12(11)16-14/h5-7,16,18H,4,8-9H2,1-3H3. The normalized spacial score (nSPS) is 14.3. The molecule has 0 aliphatic rings. The van der Waals surface area contributed by atoms with Gasteiger partial charge in [-0.15, -0.1) is 0 Å². The van der Waals surface area contributed by atoms with E-state index in [-0.39, 0.29) is 22.6 Å². The maximum atomic E-state index is 11.0. The molecule has 0 amide bonds. The Labute approximate surface area is 127 Å². The lowest BCUT2D eigenvalue weighted by atomic mass is 9.90. The third-order valence-corrected chi connectivity index (χ3v) is 5.01. The summed E-state index contributed by atoms with van der Waals surface area (Å²) in [7, 11) is 0. The topological polar surface area (TPSA) is 79.2 Å². The van der Waals surface area contributed by atoms with Crippen molar-refractivity contribution >= 4 is 28.4 Å². The number of nitrogens with one attached hydrogen (secondary N) is 1. The van der Waals surface area contributed by atoms with E-state index in [1.54, 1.807) is 30.8 Å². The smallest absolute Gasteiger partial charge is 0.273 e. The van der Waals surface area contributed by atoms with E-state index in [0.717, 1.165) is 28.1 Å². The van der Waals surface area contributed by atoms with Gasteiger partial charge in [0.15, 0.2) is 0 Å². The zero-order valence-electron chi connectivity index (χ0n) is 12.5. The first-order chi connectivity index (χ1) is 9.91. The molecule has 1 heterocycles. The van der Waals surface area contributed by atoms with E-state index in [4.69, 9.17) is 0 Å². The van der Waals surface area contributed by atoms with Gasteiger partial charge in [0.05, 0.1) is 11.5 Å². The molecule has 0 spiro atoms. The Bertz CT molecular complexity index is 668. The maximum Gasteiger partial charge on any atom is 0.273 e. The largest absolute Gasteiger partial charge is 0.395 e. The van der Waals surface area contributed by atoms with E-state index in [1.807, 2.05) is 13.0 Å². The van der Waals surface area contributed by atoms with Crippen molar-refractivity contribution in [2.45, 2.75) is 26.2 Å². The minimum atomic E-state index is -0.373. The number of nitro benzene ring substituents is 1. The van der Waals surface area contributed by atoms with E-state index in [2.05, 4.69) is 11.9 Å². The van der Waals surface area contributed by atoms with Crippen LogP contribution >= 0.6 is 11.8 Å². The number of aryl methyl sites for hydroxylation is 1. The molecule has 0 saturated carbocycles. The van der Waals surface area contributed by atoms with Crippen molar-refractivity contribution in [2.24, 2.45) is 0 Å². The van der Waals surface area contributed by atoms with Gasteiger partial charge in [-0.25, -0.2) is 0 Å². The van der Waals surface area contributed by atoms with E-state index in [1.165, 1.54) is 0 Å². The lowest BCUT2D eigenvalue weighted by Gasteiger charge is -2.25. The minimum absolute atomic E-state index is 0.0356. The zero-order valence-corrected chi connectivity index (χ0v) is 13.3. The van der Waals surface area contributed by atoms with Gasteiger partial charge in [-0.3, -0.25) is 10.1 Å². The molecule has 1 aromatic heterocycles. The number of fused-ring (bicyclic) bond motifs is 1. The van der Waals surface area contributed by atoms with Crippen LogP contribution in [0.5, 0.6) is 0 Å². The molecule has 0 fully saturated rings. The van der Waals surface area contributed by atoms with Crippen LogP contribution in [0.15, 0.2) is 18.2 Å². The van der Waals surface area contributed by atoms with Gasteiger partial charge in [0, 0.05) is 39.4 Å². The molecular formula is C15H20N2O3S. The van der Waals surface area contributed by atoms with Crippen molar-refractivity contribution in [1.29, 1.82) is 0 Å². The molecule has 6 heteroatoms. The molecule has 2 rings (SSSR count). The van der Waals surface area contributed by atoms with Crippen molar-refractivity contribution in [2.75, 3.05) is 18.1 Å². The number of hydrogen-bond donors (Lipinski definition) is 2. The molecule has 21 heavy (non-hydrogen) atoms. The summed E-state index contributed by atoms with van der Waals surface area (Å²) in [5.74, 6) is 1.79. The van der Waals surface area contributed by atoms with Crippen molar-refractivity contribution < 1.29 is 10.0 Å². The highest BCUT2D eigenvalue weighted by atomic mass is 32.2. The highest BCUT2D eigenvalue weighted by Gasteiger charge is 2.28. The molecule has 114 valence electrons. The first kappa shape index (κ1) is 15.9. The fourth-order valence-electron chi connectivity index (χ4n) is 2.33. The Morgan fingerprint density at radius 2 is 2.14 bits per heavy atom. The highest BCUT2D eigenvalue weighted by Crippen LogP contribution is 2.32. The SMILES string of the molecule is CCSCC(C)(CO)c1cc2cc([N+](=O)[O-])c(C)cc2[nH]1. The van der Waals surface area contributed by atoms with Gasteiger partial charge < -0.3 is 10.1 Å². The molecule has 1 atom stereocenters. The van der Waals surface area contributed by atoms with E-state index >= 15 is 0 Å². The first-order valence-electron chi connectivity index (χ1n) is 6.88. The van der Waals surface area contributed by atoms with Crippen LogP contribution in [-0.2, 0) is 5.41 Å². The number of thioether (sulfide) groups is 1. The summed E-state index contributed by atoms with van der Waals surface area (Å²) in [5, 5.41) is 21.6. The molecule has 2 aromatic rings. The van der Waals surface area contributed by atoms with Gasteiger partial charge in [-0.05, 0) is 24.8 Å². The highest BCUT2D eigenvalue weighted by molar-refractivity contribution is 7.99. The number of benzene rings is 1. The molecule has 0 saturated heterocycles. The predicted molar refractivity (Wildman–Crippen MR) is 87.1 cm³/mol. The van der Waals surface area contributed by atoms with Gasteiger partial charge in [0.2, 0.25) is 0 Å². The Morgan fingerprint density at radius 1 is 1.43 bits per heavy atom. The summed E-state index contributed by atoms with van der Waals surface area (Å²) in [6.07, 6.45) is 0. The van der Waals surface area contributed by atoms with Crippen LogP contribution < -0.4 is 0 Å². The predicted octanol–water partition coefficient (Wildman–Crippen LogP) is 3.39. The molecule has 2 N–H and O–H groups in total. The number of aromatic amines is 1. The molecule has 1 aromatic carbocycles. The van der Waals surface area contributed by atoms with Crippen LogP contribution in [0.3, 0.4) is 0 Å². The number of aliphatic hydroxyl groups is 1. The van der Waals surface area contributed by atoms with Crippen molar-refractivity contribution in [3.05, 3.63) is 39.6 Å². The summed E-state index contributed by atoms with van der Waals surface area (Å²) in [4.78, 5) is 14.0. The lowest BCUT2D eigenvalue weighted by molar-refractivity contribution is -0.385. The Balaban J connectivity index is 2.49. The van der Waals surface area contributed by atoms with Crippen molar-refractivity contribution in [1.82, 2.24) is 4.98 Å². The number of aliphatic hydroxyl groups excluding tert-OH is 1. The van der Waals surface area contributed by atoms with E-state index < -0.39 is 0 Å². The number of hydrogen-bond acceptors (Lipinski definition) is 4. The van der Waals surface area contributed by atoms with Crippen LogP contribution in [0.4, 0.5) is 5.69 Å². The van der Waals surface area contributed by atoms with Crippen molar-refractivity contribution in [3.8, 4) is 0 Å². The second kappa shape index (κ2) is 6.07. The Hall–Kier alpha value is -1.53. The lowest BCUT2D eigenvalue weighted by Crippen LogP contribution is -2.30. The average molecular weight is 308 g/mol. The van der Waals surface area contributed by atoms with Gasteiger partial charge >= 0.3 is 0 Å². The fourth-order valence-corrected chi connectivity index (χ4v) is 3.24. The molecule has 1 unspecified atom stereocenters. The quantitative estimate of drug-likeness (QED) is 0.633. The summed E-state index contributed by atoms with van der Waals surface area (Å²) in [6, 6.07) is 5.30. The number of nitrogens with zero attached hydrogens (tertiary/aromatic N) is 1. The van der Waals surface area contributed by atoms with Crippen LogP contribution in [0, 0.1) is 17.0 Å². The van der Waals surface area contributed by atoms with Gasteiger partial charge in [-0.2, -0.15) is 11.8 Å². The van der Waals surface area contributed by atoms with Crippen LogP contribution in [0.1, 0.15) is 25.1 Å².